The van der Waals surface area contributed by atoms with Gasteiger partial charge in [-0.05, 0) is 18.9 Å². The Kier molecular flexibility index (Phi) is 4.93. The van der Waals surface area contributed by atoms with Crippen molar-refractivity contribution in [3.8, 4) is 0 Å². The van der Waals surface area contributed by atoms with Crippen LogP contribution in [0.4, 0.5) is 11.6 Å². The van der Waals surface area contributed by atoms with Crippen LogP contribution in [0.1, 0.15) is 30.3 Å². The number of aromatic nitrogens is 2. The van der Waals surface area contributed by atoms with Gasteiger partial charge in [0.1, 0.15) is 17.5 Å². The second-order valence-corrected chi connectivity index (χ2v) is 4.90. The van der Waals surface area contributed by atoms with Crippen LogP contribution in [0.15, 0.2) is 30.3 Å². The summed E-state index contributed by atoms with van der Waals surface area (Å²) >= 11 is 0. The van der Waals surface area contributed by atoms with Gasteiger partial charge in [0, 0.05) is 26.1 Å². The van der Waals surface area contributed by atoms with Gasteiger partial charge < -0.3 is 10.6 Å². The van der Waals surface area contributed by atoms with E-state index in [1.165, 1.54) is 11.1 Å². The predicted octanol–water partition coefficient (Wildman–Crippen LogP) is 3.39. The van der Waals surface area contributed by atoms with E-state index in [1.807, 2.05) is 13.1 Å². The van der Waals surface area contributed by atoms with Gasteiger partial charge in [-0.15, -0.1) is 0 Å². The molecule has 0 amide bonds. The Balaban J connectivity index is 2.10. The molecule has 1 aromatic heterocycles. The van der Waals surface area contributed by atoms with Crippen LogP contribution in [0.25, 0.3) is 0 Å². The highest BCUT2D eigenvalue weighted by Crippen LogP contribution is 2.13. The zero-order valence-corrected chi connectivity index (χ0v) is 12.4. The third kappa shape index (κ3) is 3.95. The molecule has 0 aliphatic rings. The third-order valence-corrected chi connectivity index (χ3v) is 3.06. The fraction of sp³-hybridized carbons (Fsp3) is 0.375. The van der Waals surface area contributed by atoms with Gasteiger partial charge in [-0.2, -0.15) is 0 Å². The standard InChI is InChI=1S/C16H22N4/c1-4-6-14-19-15(17-3)10-16(20-14)18-11-13-8-5-7-12(2)9-13/h5,7-10H,4,6,11H2,1-3H3,(H2,17,18,19,20). The first-order valence-corrected chi connectivity index (χ1v) is 7.06. The molecular formula is C16H22N4. The SMILES string of the molecule is CCCc1nc(NC)cc(NCc2cccc(C)c2)n1. The molecule has 0 aliphatic carbocycles. The van der Waals surface area contributed by atoms with Crippen LogP contribution in [0.2, 0.25) is 0 Å². The lowest BCUT2D eigenvalue weighted by Crippen LogP contribution is -2.06. The lowest BCUT2D eigenvalue weighted by Gasteiger charge is -2.10. The molecule has 2 rings (SSSR count). The molecule has 2 aromatic rings. The van der Waals surface area contributed by atoms with Crippen LogP contribution in [0, 0.1) is 6.92 Å². The maximum absolute atomic E-state index is 4.55. The van der Waals surface area contributed by atoms with E-state index in [2.05, 4.69) is 58.7 Å². The molecule has 4 nitrogen and oxygen atoms in total. The summed E-state index contributed by atoms with van der Waals surface area (Å²) in [6.07, 6.45) is 1.94. The van der Waals surface area contributed by atoms with Crippen LogP contribution < -0.4 is 10.6 Å². The molecule has 0 radical (unpaired) electrons. The van der Waals surface area contributed by atoms with Crippen molar-refractivity contribution in [2.45, 2.75) is 33.2 Å². The van der Waals surface area contributed by atoms with Crippen molar-refractivity contribution in [1.82, 2.24) is 9.97 Å². The normalized spacial score (nSPS) is 10.3. The number of aryl methyl sites for hydroxylation is 2. The predicted molar refractivity (Wildman–Crippen MR) is 84.1 cm³/mol. The Morgan fingerprint density at radius 1 is 1.10 bits per heavy atom. The molecule has 1 aromatic carbocycles. The number of hydrogen-bond acceptors (Lipinski definition) is 4. The lowest BCUT2D eigenvalue weighted by molar-refractivity contribution is 0.835. The zero-order valence-electron chi connectivity index (χ0n) is 12.4. The van der Waals surface area contributed by atoms with E-state index in [9.17, 15) is 0 Å². The summed E-state index contributed by atoms with van der Waals surface area (Å²) in [7, 11) is 1.88. The summed E-state index contributed by atoms with van der Waals surface area (Å²) in [6, 6.07) is 10.4. The Morgan fingerprint density at radius 2 is 1.90 bits per heavy atom. The molecule has 0 spiro atoms. The van der Waals surface area contributed by atoms with Crippen LogP contribution >= 0.6 is 0 Å². The summed E-state index contributed by atoms with van der Waals surface area (Å²) in [5.41, 5.74) is 2.53. The molecular weight excluding hydrogens is 248 g/mol. The number of hydrogen-bond donors (Lipinski definition) is 2. The van der Waals surface area contributed by atoms with Crippen LogP contribution in [-0.2, 0) is 13.0 Å². The monoisotopic (exact) mass is 270 g/mol. The summed E-state index contributed by atoms with van der Waals surface area (Å²) in [4.78, 5) is 8.99. The lowest BCUT2D eigenvalue weighted by atomic mass is 10.1. The van der Waals surface area contributed by atoms with Gasteiger partial charge in [0.25, 0.3) is 0 Å². The van der Waals surface area contributed by atoms with E-state index in [1.54, 1.807) is 0 Å². The minimum Gasteiger partial charge on any atom is -0.373 e. The van der Waals surface area contributed by atoms with Crippen LogP contribution in [-0.4, -0.2) is 17.0 Å². The van der Waals surface area contributed by atoms with Crippen molar-refractivity contribution in [2.75, 3.05) is 17.7 Å². The second-order valence-electron chi connectivity index (χ2n) is 4.90. The molecule has 0 fully saturated rings. The molecule has 4 heteroatoms. The molecule has 1 heterocycles. The number of nitrogens with one attached hydrogen (secondary N) is 2. The van der Waals surface area contributed by atoms with E-state index >= 15 is 0 Å². The molecule has 0 saturated heterocycles. The van der Waals surface area contributed by atoms with Crippen molar-refractivity contribution in [3.63, 3.8) is 0 Å². The topological polar surface area (TPSA) is 49.8 Å². The first-order valence-electron chi connectivity index (χ1n) is 7.06. The Labute approximate surface area is 120 Å². The zero-order chi connectivity index (χ0) is 14.4. The van der Waals surface area contributed by atoms with Gasteiger partial charge in [-0.25, -0.2) is 9.97 Å². The molecule has 106 valence electrons. The minimum atomic E-state index is 0.771. The number of benzene rings is 1. The molecule has 0 bridgehead atoms. The fourth-order valence-electron chi connectivity index (χ4n) is 2.07. The summed E-state index contributed by atoms with van der Waals surface area (Å²) in [5.74, 6) is 2.61. The average Bonchev–Trinajstić information content (AvgIpc) is 2.45. The average molecular weight is 270 g/mol. The molecule has 0 saturated carbocycles. The number of anilines is 2. The van der Waals surface area contributed by atoms with Gasteiger partial charge in [-0.1, -0.05) is 36.8 Å². The quantitative estimate of drug-likeness (QED) is 0.844. The minimum absolute atomic E-state index is 0.771. The van der Waals surface area contributed by atoms with Crippen molar-refractivity contribution in [3.05, 3.63) is 47.3 Å². The van der Waals surface area contributed by atoms with Gasteiger partial charge in [0.05, 0.1) is 0 Å². The highest BCUT2D eigenvalue weighted by Gasteiger charge is 2.03. The molecule has 2 N–H and O–H groups in total. The van der Waals surface area contributed by atoms with Crippen molar-refractivity contribution < 1.29 is 0 Å². The van der Waals surface area contributed by atoms with E-state index in [0.29, 0.717) is 0 Å². The van der Waals surface area contributed by atoms with E-state index in [0.717, 1.165) is 36.8 Å². The van der Waals surface area contributed by atoms with E-state index < -0.39 is 0 Å². The summed E-state index contributed by atoms with van der Waals surface area (Å²) in [6.45, 7) is 5.01. The Morgan fingerprint density at radius 3 is 2.60 bits per heavy atom. The van der Waals surface area contributed by atoms with Gasteiger partial charge in [-0.3, -0.25) is 0 Å². The van der Waals surface area contributed by atoms with Crippen LogP contribution in [0.3, 0.4) is 0 Å². The molecule has 20 heavy (non-hydrogen) atoms. The molecule has 0 unspecified atom stereocenters. The first-order chi connectivity index (χ1) is 9.71. The van der Waals surface area contributed by atoms with Crippen LogP contribution in [0.5, 0.6) is 0 Å². The van der Waals surface area contributed by atoms with E-state index in [-0.39, 0.29) is 0 Å². The maximum Gasteiger partial charge on any atom is 0.133 e. The van der Waals surface area contributed by atoms with Gasteiger partial charge in [0.2, 0.25) is 0 Å². The molecule has 0 atom stereocenters. The van der Waals surface area contributed by atoms with Crippen molar-refractivity contribution >= 4 is 11.6 Å². The largest absolute Gasteiger partial charge is 0.373 e. The van der Waals surface area contributed by atoms with E-state index in [4.69, 9.17) is 0 Å². The fourth-order valence-corrected chi connectivity index (χ4v) is 2.07. The van der Waals surface area contributed by atoms with Crippen molar-refractivity contribution in [1.29, 1.82) is 0 Å². The number of nitrogens with zero attached hydrogens (tertiary/aromatic N) is 2. The first kappa shape index (κ1) is 14.3. The Bertz CT molecular complexity index is 566. The summed E-state index contributed by atoms with van der Waals surface area (Å²) < 4.78 is 0. The maximum atomic E-state index is 4.55. The highest BCUT2D eigenvalue weighted by atomic mass is 15.1. The highest BCUT2D eigenvalue weighted by molar-refractivity contribution is 5.47. The Hall–Kier alpha value is -2.10. The summed E-state index contributed by atoms with van der Waals surface area (Å²) in [5, 5.41) is 6.45. The van der Waals surface area contributed by atoms with Gasteiger partial charge in [0.15, 0.2) is 0 Å². The smallest absolute Gasteiger partial charge is 0.133 e. The third-order valence-electron chi connectivity index (χ3n) is 3.06. The molecule has 0 aliphatic heterocycles. The number of rotatable bonds is 6. The van der Waals surface area contributed by atoms with Gasteiger partial charge >= 0.3 is 0 Å². The van der Waals surface area contributed by atoms with Crippen molar-refractivity contribution in [2.24, 2.45) is 0 Å². The second kappa shape index (κ2) is 6.89.